The lowest BCUT2D eigenvalue weighted by Crippen LogP contribution is -2.33. The Morgan fingerprint density at radius 2 is 2.17 bits per heavy atom. The SMILES string of the molecule is CC1(O)CCN(S(=O)(=O)c2ccc(C(=O)O)o2)C1. The predicted octanol–water partition coefficient (Wildman–Crippen LogP) is 0.123. The largest absolute Gasteiger partial charge is 0.475 e. The molecule has 0 amide bonds. The van der Waals surface area contributed by atoms with Crippen LogP contribution in [0.3, 0.4) is 0 Å². The van der Waals surface area contributed by atoms with Gasteiger partial charge in [-0.25, -0.2) is 13.2 Å². The minimum atomic E-state index is -3.88. The van der Waals surface area contributed by atoms with Gasteiger partial charge >= 0.3 is 5.97 Å². The second-order valence-electron chi connectivity index (χ2n) is 4.51. The van der Waals surface area contributed by atoms with E-state index in [1.807, 2.05) is 0 Å². The van der Waals surface area contributed by atoms with E-state index in [4.69, 9.17) is 9.52 Å². The topological polar surface area (TPSA) is 108 Å². The number of furan rings is 1. The lowest BCUT2D eigenvalue weighted by Gasteiger charge is -2.17. The van der Waals surface area contributed by atoms with Gasteiger partial charge in [0.05, 0.1) is 5.60 Å². The van der Waals surface area contributed by atoms with E-state index in [9.17, 15) is 18.3 Å². The third kappa shape index (κ3) is 2.26. The Morgan fingerprint density at radius 3 is 2.61 bits per heavy atom. The Kier molecular flexibility index (Phi) is 2.96. The van der Waals surface area contributed by atoms with E-state index in [0.717, 1.165) is 16.4 Å². The summed E-state index contributed by atoms with van der Waals surface area (Å²) in [7, 11) is -3.88. The van der Waals surface area contributed by atoms with Gasteiger partial charge in [0.25, 0.3) is 10.0 Å². The highest BCUT2D eigenvalue weighted by Gasteiger charge is 2.39. The first-order chi connectivity index (χ1) is 8.22. The van der Waals surface area contributed by atoms with Crippen molar-refractivity contribution in [2.75, 3.05) is 13.1 Å². The van der Waals surface area contributed by atoms with Crippen LogP contribution in [-0.4, -0.2) is 47.6 Å². The third-order valence-corrected chi connectivity index (χ3v) is 4.52. The van der Waals surface area contributed by atoms with Crippen LogP contribution in [0.15, 0.2) is 21.6 Å². The fraction of sp³-hybridized carbons (Fsp3) is 0.500. The van der Waals surface area contributed by atoms with Crippen LogP contribution >= 0.6 is 0 Å². The van der Waals surface area contributed by atoms with Crippen LogP contribution in [0.4, 0.5) is 0 Å². The van der Waals surface area contributed by atoms with Crippen molar-refractivity contribution >= 4 is 16.0 Å². The molecule has 1 aromatic rings. The number of β-amino-alcohol motifs (C(OH)–C–C–N with tert-alkyl or cyclic N) is 1. The summed E-state index contributed by atoms with van der Waals surface area (Å²) in [4.78, 5) is 10.6. The molecule has 0 aromatic carbocycles. The molecule has 0 bridgehead atoms. The molecule has 0 spiro atoms. The van der Waals surface area contributed by atoms with Crippen molar-refractivity contribution < 1.29 is 27.8 Å². The van der Waals surface area contributed by atoms with Gasteiger partial charge in [0, 0.05) is 13.1 Å². The van der Waals surface area contributed by atoms with E-state index < -0.39 is 32.4 Å². The maximum absolute atomic E-state index is 12.1. The highest BCUT2D eigenvalue weighted by molar-refractivity contribution is 7.89. The van der Waals surface area contributed by atoms with E-state index in [0.29, 0.717) is 6.42 Å². The van der Waals surface area contributed by atoms with Crippen LogP contribution in [0.5, 0.6) is 0 Å². The van der Waals surface area contributed by atoms with Gasteiger partial charge in [-0.1, -0.05) is 0 Å². The number of carboxylic acid groups (broad SMARTS) is 1. The van der Waals surface area contributed by atoms with E-state index in [1.165, 1.54) is 0 Å². The molecule has 18 heavy (non-hydrogen) atoms. The van der Waals surface area contributed by atoms with Crippen molar-refractivity contribution in [3.63, 3.8) is 0 Å². The first-order valence-corrected chi connectivity index (χ1v) is 6.72. The highest BCUT2D eigenvalue weighted by atomic mass is 32.2. The molecule has 1 saturated heterocycles. The van der Waals surface area contributed by atoms with Gasteiger partial charge in [0.2, 0.25) is 10.9 Å². The number of hydrogen-bond acceptors (Lipinski definition) is 5. The number of rotatable bonds is 3. The van der Waals surface area contributed by atoms with Gasteiger partial charge in [-0.3, -0.25) is 0 Å². The second-order valence-corrected chi connectivity index (χ2v) is 6.38. The zero-order valence-corrected chi connectivity index (χ0v) is 10.5. The van der Waals surface area contributed by atoms with Gasteiger partial charge < -0.3 is 14.6 Å². The van der Waals surface area contributed by atoms with Gasteiger partial charge in [0.15, 0.2) is 0 Å². The second kappa shape index (κ2) is 4.08. The van der Waals surface area contributed by atoms with Gasteiger partial charge in [-0.2, -0.15) is 4.31 Å². The Balaban J connectivity index is 2.28. The molecule has 1 aliphatic heterocycles. The Labute approximate surface area is 104 Å². The third-order valence-electron chi connectivity index (χ3n) is 2.80. The van der Waals surface area contributed by atoms with Crippen LogP contribution in [0, 0.1) is 0 Å². The Bertz CT molecular complexity index is 573. The molecule has 7 nitrogen and oxygen atoms in total. The van der Waals surface area contributed by atoms with E-state index >= 15 is 0 Å². The first-order valence-electron chi connectivity index (χ1n) is 5.28. The van der Waals surface area contributed by atoms with Crippen molar-refractivity contribution in [3.8, 4) is 0 Å². The molecule has 0 aliphatic carbocycles. The number of hydrogen-bond donors (Lipinski definition) is 2. The van der Waals surface area contributed by atoms with Gasteiger partial charge in [0.1, 0.15) is 0 Å². The van der Waals surface area contributed by atoms with E-state index in [1.54, 1.807) is 6.92 Å². The number of aliphatic hydroxyl groups is 1. The summed E-state index contributed by atoms with van der Waals surface area (Å²) >= 11 is 0. The van der Waals surface area contributed by atoms with Crippen LogP contribution in [0.1, 0.15) is 23.9 Å². The van der Waals surface area contributed by atoms with Crippen LogP contribution in [0.25, 0.3) is 0 Å². The highest BCUT2D eigenvalue weighted by Crippen LogP contribution is 2.27. The molecule has 0 saturated carbocycles. The summed E-state index contributed by atoms with van der Waals surface area (Å²) in [5, 5.41) is 18.0. The monoisotopic (exact) mass is 275 g/mol. The summed E-state index contributed by atoms with van der Waals surface area (Å²) in [6, 6.07) is 2.19. The van der Waals surface area contributed by atoms with Crippen LogP contribution in [-0.2, 0) is 10.0 Å². The normalized spacial score (nSPS) is 25.4. The van der Waals surface area contributed by atoms with Crippen LogP contribution in [0.2, 0.25) is 0 Å². The zero-order chi connectivity index (χ0) is 13.6. The number of nitrogens with zero attached hydrogens (tertiary/aromatic N) is 1. The maximum Gasteiger partial charge on any atom is 0.371 e. The molecule has 2 rings (SSSR count). The molecule has 1 aliphatic rings. The number of carbonyl (C=O) groups is 1. The standard InChI is InChI=1S/C10H13NO6S/c1-10(14)4-5-11(6-10)18(15,16)8-3-2-7(17-8)9(12)13/h2-3,14H,4-6H2,1H3,(H,12,13). The Morgan fingerprint density at radius 1 is 1.50 bits per heavy atom. The predicted molar refractivity (Wildman–Crippen MR) is 59.7 cm³/mol. The number of aromatic carboxylic acids is 1. The fourth-order valence-electron chi connectivity index (χ4n) is 1.81. The molecular formula is C10H13NO6S. The van der Waals surface area contributed by atoms with Crippen LogP contribution < -0.4 is 0 Å². The number of carboxylic acids is 1. The molecule has 1 unspecified atom stereocenters. The lowest BCUT2D eigenvalue weighted by atomic mass is 10.1. The van der Waals surface area contributed by atoms with Crippen molar-refractivity contribution in [3.05, 3.63) is 17.9 Å². The van der Waals surface area contributed by atoms with Gasteiger partial charge in [-0.05, 0) is 25.5 Å². The first kappa shape index (κ1) is 13.1. The van der Waals surface area contributed by atoms with Crippen molar-refractivity contribution in [2.45, 2.75) is 24.0 Å². The van der Waals surface area contributed by atoms with Crippen molar-refractivity contribution in [1.29, 1.82) is 0 Å². The van der Waals surface area contributed by atoms with E-state index in [-0.39, 0.29) is 13.1 Å². The zero-order valence-electron chi connectivity index (χ0n) is 9.66. The molecule has 8 heteroatoms. The lowest BCUT2D eigenvalue weighted by molar-refractivity contribution is 0.0654. The maximum atomic E-state index is 12.1. The quantitative estimate of drug-likeness (QED) is 0.811. The smallest absolute Gasteiger partial charge is 0.371 e. The van der Waals surface area contributed by atoms with Gasteiger partial charge in [-0.15, -0.1) is 0 Å². The summed E-state index contributed by atoms with van der Waals surface area (Å²) in [6.07, 6.45) is 0.332. The molecule has 1 atom stereocenters. The minimum absolute atomic E-state index is 0.0293. The average molecular weight is 275 g/mol. The molecular weight excluding hydrogens is 262 g/mol. The molecule has 100 valence electrons. The molecule has 1 aromatic heterocycles. The average Bonchev–Trinajstić information content (AvgIpc) is 2.84. The summed E-state index contributed by atoms with van der Waals surface area (Å²) in [5.41, 5.74) is -1.06. The van der Waals surface area contributed by atoms with Crippen molar-refractivity contribution in [2.24, 2.45) is 0 Å². The summed E-state index contributed by atoms with van der Waals surface area (Å²) < 4.78 is 30.0. The van der Waals surface area contributed by atoms with Crippen molar-refractivity contribution in [1.82, 2.24) is 4.31 Å². The molecule has 2 heterocycles. The fourth-order valence-corrected chi connectivity index (χ4v) is 3.28. The summed E-state index contributed by atoms with van der Waals surface area (Å²) in [6.45, 7) is 1.70. The van der Waals surface area contributed by atoms with E-state index in [2.05, 4.69) is 0 Å². The summed E-state index contributed by atoms with van der Waals surface area (Å²) in [5.74, 6) is -1.76. The number of sulfonamides is 1. The molecule has 0 radical (unpaired) electrons. The minimum Gasteiger partial charge on any atom is -0.475 e. The molecule has 2 N–H and O–H groups in total. The molecule has 1 fully saturated rings. The Hall–Kier alpha value is -1.38.